The molecule has 5 nitrogen and oxygen atoms in total. The number of thioether (sulfide) groups is 1. The van der Waals surface area contributed by atoms with Crippen LogP contribution >= 0.6 is 11.8 Å². The molecule has 0 amide bonds. The summed E-state index contributed by atoms with van der Waals surface area (Å²) in [6, 6.07) is 15.4. The Hall–Kier alpha value is -2.57. The smallest absolute Gasteiger partial charge is 0.254 e. The molecule has 3 rings (SSSR count). The van der Waals surface area contributed by atoms with Crippen molar-refractivity contribution in [2.24, 2.45) is 0 Å². The Balaban J connectivity index is 1.90. The van der Waals surface area contributed by atoms with Gasteiger partial charge in [-0.15, -0.1) is 0 Å². The van der Waals surface area contributed by atoms with Gasteiger partial charge in [-0.2, -0.15) is 0 Å². The van der Waals surface area contributed by atoms with Gasteiger partial charge in [0.15, 0.2) is 0 Å². The van der Waals surface area contributed by atoms with Crippen molar-refractivity contribution in [2.75, 3.05) is 7.11 Å². The Bertz CT molecular complexity index is 964. The number of benzene rings is 2. The van der Waals surface area contributed by atoms with Crippen molar-refractivity contribution in [1.82, 2.24) is 9.97 Å². The average molecular weight is 382 g/mol. The van der Waals surface area contributed by atoms with Gasteiger partial charge in [-0.05, 0) is 43.7 Å². The van der Waals surface area contributed by atoms with Crippen molar-refractivity contribution in [2.45, 2.75) is 30.6 Å². The number of nitrogens with one attached hydrogen (secondary N) is 1. The Morgan fingerprint density at radius 3 is 2.41 bits per heavy atom. The van der Waals surface area contributed by atoms with Crippen LogP contribution in [0.15, 0.2) is 58.2 Å². The highest BCUT2D eigenvalue weighted by Gasteiger charge is 2.11. The quantitative estimate of drug-likeness (QED) is 0.501. The number of aliphatic hydroxyl groups is 1. The number of aromatic amines is 1. The van der Waals surface area contributed by atoms with Crippen LogP contribution in [-0.2, 0) is 6.42 Å². The second kappa shape index (κ2) is 8.41. The van der Waals surface area contributed by atoms with Crippen molar-refractivity contribution in [3.63, 3.8) is 0 Å². The molecule has 0 saturated carbocycles. The normalized spacial score (nSPS) is 12.0. The molecule has 1 aromatic heterocycles. The topological polar surface area (TPSA) is 75.2 Å². The molecule has 0 aliphatic rings. The van der Waals surface area contributed by atoms with E-state index in [1.807, 2.05) is 48.5 Å². The number of aliphatic hydroxyl groups excluding tert-OH is 1. The van der Waals surface area contributed by atoms with Gasteiger partial charge in [0.25, 0.3) is 5.56 Å². The fourth-order valence-corrected chi connectivity index (χ4v) is 3.40. The van der Waals surface area contributed by atoms with Crippen molar-refractivity contribution in [3.05, 3.63) is 75.7 Å². The van der Waals surface area contributed by atoms with Crippen LogP contribution in [0.25, 0.3) is 11.4 Å². The highest BCUT2D eigenvalue weighted by Crippen LogP contribution is 2.25. The minimum atomic E-state index is -0.468. The number of hydrogen-bond acceptors (Lipinski definition) is 5. The van der Waals surface area contributed by atoms with E-state index in [4.69, 9.17) is 4.74 Å². The molecule has 1 unspecified atom stereocenters. The molecule has 140 valence electrons. The molecule has 0 saturated heterocycles. The lowest BCUT2D eigenvalue weighted by atomic mass is 10.1. The summed E-state index contributed by atoms with van der Waals surface area (Å²) in [6.45, 7) is 3.51. The number of H-pyrrole nitrogens is 1. The Morgan fingerprint density at radius 2 is 1.81 bits per heavy atom. The molecule has 1 heterocycles. The summed E-state index contributed by atoms with van der Waals surface area (Å²) in [5.74, 6) is 1.34. The van der Waals surface area contributed by atoms with Crippen LogP contribution in [0.5, 0.6) is 5.75 Å². The summed E-state index contributed by atoms with van der Waals surface area (Å²) in [7, 11) is 1.63. The first-order valence-corrected chi connectivity index (χ1v) is 9.52. The van der Waals surface area contributed by atoms with Gasteiger partial charge in [0.2, 0.25) is 0 Å². The minimum Gasteiger partial charge on any atom is -0.497 e. The van der Waals surface area contributed by atoms with Crippen LogP contribution in [0.3, 0.4) is 0 Å². The predicted octanol–water partition coefficient (Wildman–Crippen LogP) is 3.78. The van der Waals surface area contributed by atoms with Crippen molar-refractivity contribution >= 4 is 11.8 Å². The fourth-order valence-electron chi connectivity index (χ4n) is 2.71. The number of rotatable bonds is 6. The van der Waals surface area contributed by atoms with Gasteiger partial charge in [-0.1, -0.05) is 36.0 Å². The maximum Gasteiger partial charge on any atom is 0.254 e. The van der Waals surface area contributed by atoms with E-state index in [9.17, 15) is 9.90 Å². The first-order valence-electron chi connectivity index (χ1n) is 8.64. The molecule has 0 spiro atoms. The van der Waals surface area contributed by atoms with Gasteiger partial charge in [-0.3, -0.25) is 4.79 Å². The number of methoxy groups -OCH3 is 1. The van der Waals surface area contributed by atoms with Gasteiger partial charge >= 0.3 is 0 Å². The van der Waals surface area contributed by atoms with E-state index < -0.39 is 5.44 Å². The van der Waals surface area contributed by atoms with Crippen LogP contribution in [0.4, 0.5) is 0 Å². The third-order valence-corrected chi connectivity index (χ3v) is 5.10. The average Bonchev–Trinajstić information content (AvgIpc) is 2.66. The van der Waals surface area contributed by atoms with Crippen molar-refractivity contribution in [1.29, 1.82) is 0 Å². The van der Waals surface area contributed by atoms with Gasteiger partial charge < -0.3 is 14.8 Å². The fraction of sp³-hybridized carbons (Fsp3) is 0.238. The number of nitrogens with zero attached hydrogens (tertiary/aromatic N) is 1. The molecule has 1 atom stereocenters. The Kier molecular flexibility index (Phi) is 5.98. The van der Waals surface area contributed by atoms with E-state index in [0.717, 1.165) is 27.5 Å². The Labute approximate surface area is 162 Å². The molecule has 6 heteroatoms. The first kappa shape index (κ1) is 19.2. The zero-order chi connectivity index (χ0) is 19.4. The summed E-state index contributed by atoms with van der Waals surface area (Å²) in [5.41, 5.74) is 2.66. The molecule has 27 heavy (non-hydrogen) atoms. The largest absolute Gasteiger partial charge is 0.497 e. The molecule has 3 aromatic rings. The van der Waals surface area contributed by atoms with Crippen molar-refractivity contribution in [3.8, 4) is 17.1 Å². The maximum absolute atomic E-state index is 12.4. The third-order valence-electron chi connectivity index (χ3n) is 4.22. The van der Waals surface area contributed by atoms with Crippen LogP contribution < -0.4 is 10.3 Å². The van der Waals surface area contributed by atoms with E-state index in [0.29, 0.717) is 17.8 Å². The maximum atomic E-state index is 12.4. The van der Waals surface area contributed by atoms with E-state index in [1.54, 1.807) is 21.0 Å². The summed E-state index contributed by atoms with van der Waals surface area (Å²) < 4.78 is 5.18. The van der Waals surface area contributed by atoms with Gasteiger partial charge in [0.05, 0.1) is 12.8 Å². The summed E-state index contributed by atoms with van der Waals surface area (Å²) in [6.07, 6.45) is 0.572. The summed E-state index contributed by atoms with van der Waals surface area (Å²) in [4.78, 5) is 20.9. The lowest BCUT2D eigenvalue weighted by Crippen LogP contribution is -2.16. The van der Waals surface area contributed by atoms with E-state index >= 15 is 0 Å². The number of aromatic nitrogens is 2. The van der Waals surface area contributed by atoms with E-state index in [2.05, 4.69) is 9.97 Å². The minimum absolute atomic E-state index is 0.133. The number of ether oxygens (including phenoxy) is 1. The standard InChI is InChI=1S/C21H22N2O3S/c1-13-19(12-15-4-8-17(26-3)9-5-15)22-20(23-21(13)25)16-6-10-18(11-7-16)27-14(2)24/h4-11,14,24H,12H2,1-3H3,(H,22,23,25). The number of hydrogen-bond donors (Lipinski definition) is 2. The molecule has 2 N–H and O–H groups in total. The molecule has 0 aliphatic heterocycles. The van der Waals surface area contributed by atoms with Crippen molar-refractivity contribution < 1.29 is 9.84 Å². The van der Waals surface area contributed by atoms with Gasteiger partial charge in [0, 0.05) is 22.4 Å². The highest BCUT2D eigenvalue weighted by atomic mass is 32.2. The first-order chi connectivity index (χ1) is 13.0. The zero-order valence-electron chi connectivity index (χ0n) is 15.5. The molecule has 0 aliphatic carbocycles. The second-order valence-electron chi connectivity index (χ2n) is 6.25. The predicted molar refractivity (Wildman–Crippen MR) is 108 cm³/mol. The molecule has 2 aromatic carbocycles. The SMILES string of the molecule is COc1ccc(Cc2nc(-c3ccc(SC(C)O)cc3)[nH]c(=O)c2C)cc1. The van der Waals surface area contributed by atoms with Gasteiger partial charge in [0.1, 0.15) is 17.0 Å². The van der Waals surface area contributed by atoms with Crippen LogP contribution in [-0.4, -0.2) is 27.6 Å². The molecular formula is C21H22N2O3S. The van der Waals surface area contributed by atoms with E-state index in [1.165, 1.54) is 11.8 Å². The highest BCUT2D eigenvalue weighted by molar-refractivity contribution is 7.99. The summed E-state index contributed by atoms with van der Waals surface area (Å²) >= 11 is 1.37. The molecule has 0 bridgehead atoms. The van der Waals surface area contributed by atoms with E-state index in [-0.39, 0.29) is 5.56 Å². The molecule has 0 fully saturated rings. The monoisotopic (exact) mass is 382 g/mol. The lowest BCUT2D eigenvalue weighted by molar-refractivity contribution is 0.284. The third kappa shape index (κ3) is 4.78. The van der Waals surface area contributed by atoms with Crippen LogP contribution in [0.2, 0.25) is 0 Å². The zero-order valence-corrected chi connectivity index (χ0v) is 16.3. The van der Waals surface area contributed by atoms with Gasteiger partial charge in [-0.25, -0.2) is 4.98 Å². The Morgan fingerprint density at radius 1 is 1.15 bits per heavy atom. The molecule has 0 radical (unpaired) electrons. The lowest BCUT2D eigenvalue weighted by Gasteiger charge is -2.10. The molecular weight excluding hydrogens is 360 g/mol. The summed E-state index contributed by atoms with van der Waals surface area (Å²) in [5, 5.41) is 9.46. The second-order valence-corrected chi connectivity index (χ2v) is 7.64. The van der Waals surface area contributed by atoms with Crippen LogP contribution in [0.1, 0.15) is 23.7 Å². The van der Waals surface area contributed by atoms with Crippen LogP contribution in [0, 0.1) is 6.92 Å².